The van der Waals surface area contributed by atoms with Gasteiger partial charge in [0.15, 0.2) is 5.75 Å². The number of hydrogen-bond acceptors (Lipinski definition) is 10. The maximum absolute atomic E-state index is 13.0. The summed E-state index contributed by atoms with van der Waals surface area (Å²) < 4.78 is 28.2. The van der Waals surface area contributed by atoms with E-state index in [0.717, 1.165) is 5.56 Å². The SMILES string of the molecule is CC(C)Oc1ccc2c(OCc3ccccc3)c(O[C@@H]3O[C@H](CO)[C@@H](O)[C@H](O)[C@H]3O)c(=O)oc2c1. The van der Waals surface area contributed by atoms with Crippen LogP contribution in [0.25, 0.3) is 11.0 Å². The first-order valence-electron chi connectivity index (χ1n) is 11.2. The Balaban J connectivity index is 1.74. The van der Waals surface area contributed by atoms with Gasteiger partial charge in [-0.3, -0.25) is 0 Å². The van der Waals surface area contributed by atoms with Gasteiger partial charge < -0.3 is 43.8 Å². The van der Waals surface area contributed by atoms with Gasteiger partial charge in [0.05, 0.1) is 18.1 Å². The van der Waals surface area contributed by atoms with E-state index in [2.05, 4.69) is 0 Å². The average molecular weight is 488 g/mol. The minimum Gasteiger partial charge on any atom is -0.491 e. The third kappa shape index (κ3) is 5.42. The highest BCUT2D eigenvalue weighted by Crippen LogP contribution is 2.37. The Morgan fingerprint density at radius 3 is 2.40 bits per heavy atom. The van der Waals surface area contributed by atoms with Gasteiger partial charge in [0, 0.05) is 6.07 Å². The van der Waals surface area contributed by atoms with Gasteiger partial charge in [-0.1, -0.05) is 30.3 Å². The van der Waals surface area contributed by atoms with E-state index in [1.165, 1.54) is 0 Å². The van der Waals surface area contributed by atoms with Crippen molar-refractivity contribution in [1.29, 1.82) is 0 Å². The zero-order chi connectivity index (χ0) is 25.1. The van der Waals surface area contributed by atoms with Gasteiger partial charge in [-0.15, -0.1) is 0 Å². The molecule has 3 aromatic rings. The second kappa shape index (κ2) is 10.6. The van der Waals surface area contributed by atoms with Crippen LogP contribution in [0.3, 0.4) is 0 Å². The maximum atomic E-state index is 13.0. The van der Waals surface area contributed by atoms with Crippen LogP contribution in [-0.2, 0) is 11.3 Å². The Kier molecular flexibility index (Phi) is 7.58. The van der Waals surface area contributed by atoms with Crippen LogP contribution >= 0.6 is 0 Å². The lowest BCUT2D eigenvalue weighted by atomic mass is 9.99. The molecule has 2 heterocycles. The van der Waals surface area contributed by atoms with Crippen LogP contribution in [0, 0.1) is 0 Å². The zero-order valence-corrected chi connectivity index (χ0v) is 19.2. The second-order valence-corrected chi connectivity index (χ2v) is 8.46. The topological polar surface area (TPSA) is 148 Å². The standard InChI is InChI=1S/C25H28O10/c1-13(2)32-15-8-9-16-17(10-15)33-24(30)23(22(16)31-12-14-6-4-3-5-7-14)35-25-21(29)20(28)19(27)18(11-26)34-25/h3-10,13,18-21,25-29H,11-12H2,1-2H3/t18-,19-,20+,21-,25+/m1/s1. The van der Waals surface area contributed by atoms with Crippen molar-refractivity contribution in [3.05, 3.63) is 64.5 Å². The van der Waals surface area contributed by atoms with E-state index < -0.39 is 48.7 Å². The van der Waals surface area contributed by atoms with Crippen molar-refractivity contribution in [2.24, 2.45) is 0 Å². The van der Waals surface area contributed by atoms with Crippen molar-refractivity contribution in [3.63, 3.8) is 0 Å². The van der Waals surface area contributed by atoms with Gasteiger partial charge in [-0.2, -0.15) is 0 Å². The molecule has 35 heavy (non-hydrogen) atoms. The third-order valence-corrected chi connectivity index (χ3v) is 5.47. The fourth-order valence-electron chi connectivity index (χ4n) is 3.74. The van der Waals surface area contributed by atoms with Crippen LogP contribution < -0.4 is 19.8 Å². The molecule has 10 heteroatoms. The molecule has 0 aliphatic carbocycles. The molecule has 0 saturated carbocycles. The van der Waals surface area contributed by atoms with Gasteiger partial charge in [0.25, 0.3) is 5.75 Å². The number of aliphatic hydroxyl groups is 4. The third-order valence-electron chi connectivity index (χ3n) is 5.47. The monoisotopic (exact) mass is 488 g/mol. The molecule has 1 aliphatic heterocycles. The minimum atomic E-state index is -1.72. The molecule has 1 fully saturated rings. The van der Waals surface area contributed by atoms with E-state index in [1.54, 1.807) is 18.2 Å². The number of aliphatic hydroxyl groups excluding tert-OH is 4. The molecule has 1 aromatic heterocycles. The first kappa shape index (κ1) is 25.0. The molecule has 4 rings (SSSR count). The smallest absolute Gasteiger partial charge is 0.383 e. The lowest BCUT2D eigenvalue weighted by Gasteiger charge is -2.39. The predicted octanol–water partition coefficient (Wildman–Crippen LogP) is 1.34. The summed E-state index contributed by atoms with van der Waals surface area (Å²) in [5.41, 5.74) is 0.101. The molecular formula is C25H28O10. The molecule has 0 bridgehead atoms. The van der Waals surface area contributed by atoms with E-state index >= 15 is 0 Å². The maximum Gasteiger partial charge on any atom is 0.383 e. The average Bonchev–Trinajstić information content (AvgIpc) is 2.84. The van der Waals surface area contributed by atoms with Crippen molar-refractivity contribution >= 4 is 11.0 Å². The van der Waals surface area contributed by atoms with Crippen molar-refractivity contribution in [3.8, 4) is 17.2 Å². The normalized spacial score (nSPS) is 24.5. The van der Waals surface area contributed by atoms with Gasteiger partial charge >= 0.3 is 5.63 Å². The molecule has 0 unspecified atom stereocenters. The summed E-state index contributed by atoms with van der Waals surface area (Å²) in [6, 6.07) is 14.1. The summed E-state index contributed by atoms with van der Waals surface area (Å²) in [5, 5.41) is 40.3. The molecule has 2 aromatic carbocycles. The van der Waals surface area contributed by atoms with Crippen LogP contribution in [-0.4, -0.2) is 63.8 Å². The second-order valence-electron chi connectivity index (χ2n) is 8.46. The Morgan fingerprint density at radius 2 is 1.71 bits per heavy atom. The van der Waals surface area contributed by atoms with Crippen LogP contribution in [0.4, 0.5) is 0 Å². The zero-order valence-electron chi connectivity index (χ0n) is 19.2. The summed E-state index contributed by atoms with van der Waals surface area (Å²) in [5.74, 6) is 0.135. The fraction of sp³-hybridized carbons (Fsp3) is 0.400. The number of benzene rings is 2. The van der Waals surface area contributed by atoms with Crippen LogP contribution in [0.15, 0.2) is 57.7 Å². The Labute approximate surface area is 200 Å². The number of fused-ring (bicyclic) bond motifs is 1. The predicted molar refractivity (Wildman–Crippen MR) is 123 cm³/mol. The van der Waals surface area contributed by atoms with E-state index in [0.29, 0.717) is 11.1 Å². The van der Waals surface area contributed by atoms with Gasteiger partial charge in [-0.25, -0.2) is 4.79 Å². The summed E-state index contributed by atoms with van der Waals surface area (Å²) in [7, 11) is 0. The molecule has 0 amide bonds. The van der Waals surface area contributed by atoms with Crippen molar-refractivity contribution in [2.75, 3.05) is 6.61 Å². The van der Waals surface area contributed by atoms with Crippen molar-refractivity contribution < 1.29 is 43.8 Å². The van der Waals surface area contributed by atoms with Gasteiger partial charge in [-0.05, 0) is 31.5 Å². The Hall–Kier alpha value is -3.15. The molecule has 5 atom stereocenters. The number of rotatable bonds is 8. The molecule has 4 N–H and O–H groups in total. The Bertz CT molecular complexity index is 1190. The first-order valence-corrected chi connectivity index (χ1v) is 11.2. The van der Waals surface area contributed by atoms with E-state index in [4.69, 9.17) is 23.4 Å². The highest BCUT2D eigenvalue weighted by Gasteiger charge is 2.45. The molecule has 10 nitrogen and oxygen atoms in total. The van der Waals surface area contributed by atoms with Crippen molar-refractivity contribution in [2.45, 2.75) is 57.3 Å². The van der Waals surface area contributed by atoms with Crippen LogP contribution in [0.5, 0.6) is 17.2 Å². The molecular weight excluding hydrogens is 460 g/mol. The number of ether oxygens (including phenoxy) is 4. The van der Waals surface area contributed by atoms with Crippen LogP contribution in [0.1, 0.15) is 19.4 Å². The quantitative estimate of drug-likeness (QED) is 0.342. The molecule has 1 saturated heterocycles. The summed E-state index contributed by atoms with van der Waals surface area (Å²) in [6.45, 7) is 3.18. The van der Waals surface area contributed by atoms with Gasteiger partial charge in [0.1, 0.15) is 42.4 Å². The fourth-order valence-corrected chi connectivity index (χ4v) is 3.74. The Morgan fingerprint density at radius 1 is 0.971 bits per heavy atom. The molecule has 0 spiro atoms. The van der Waals surface area contributed by atoms with E-state index in [9.17, 15) is 25.2 Å². The summed E-state index contributed by atoms with van der Waals surface area (Å²) in [6.07, 6.45) is -7.86. The largest absolute Gasteiger partial charge is 0.491 e. The van der Waals surface area contributed by atoms with Gasteiger partial charge in [0.2, 0.25) is 6.29 Å². The van der Waals surface area contributed by atoms with E-state index in [-0.39, 0.29) is 24.0 Å². The lowest BCUT2D eigenvalue weighted by molar-refractivity contribution is -0.278. The lowest BCUT2D eigenvalue weighted by Crippen LogP contribution is -2.60. The minimum absolute atomic E-state index is 0.0353. The van der Waals surface area contributed by atoms with E-state index in [1.807, 2.05) is 44.2 Å². The summed E-state index contributed by atoms with van der Waals surface area (Å²) in [4.78, 5) is 13.0. The number of hydrogen-bond donors (Lipinski definition) is 4. The molecule has 1 aliphatic rings. The summed E-state index contributed by atoms with van der Waals surface area (Å²) >= 11 is 0. The highest BCUT2D eigenvalue weighted by atomic mass is 16.7. The molecule has 0 radical (unpaired) electrons. The highest BCUT2D eigenvalue weighted by molar-refractivity contribution is 5.86. The van der Waals surface area contributed by atoms with Crippen LogP contribution in [0.2, 0.25) is 0 Å². The first-order chi connectivity index (χ1) is 16.8. The van der Waals surface area contributed by atoms with Crippen molar-refractivity contribution in [1.82, 2.24) is 0 Å². The molecule has 188 valence electrons.